The van der Waals surface area contributed by atoms with Gasteiger partial charge in [0.1, 0.15) is 5.76 Å². The lowest BCUT2D eigenvalue weighted by Crippen LogP contribution is -2.08. The first-order valence-corrected chi connectivity index (χ1v) is 5.31. The van der Waals surface area contributed by atoms with Gasteiger partial charge in [-0.15, -0.1) is 0 Å². The Balaban J connectivity index is 3.04. The Morgan fingerprint density at radius 3 is 2.56 bits per heavy atom. The summed E-state index contributed by atoms with van der Waals surface area (Å²) in [6.45, 7) is 9.64. The van der Waals surface area contributed by atoms with Crippen molar-refractivity contribution >= 4 is 0 Å². The molecule has 1 unspecified atom stereocenters. The number of hydrogen-bond acceptors (Lipinski definition) is 2. The fourth-order valence-electron chi connectivity index (χ4n) is 1.61. The second kappa shape index (κ2) is 4.88. The summed E-state index contributed by atoms with van der Waals surface area (Å²) in [6.07, 6.45) is 8.16. The summed E-state index contributed by atoms with van der Waals surface area (Å²) in [5.41, 5.74) is 8.94. The molecule has 1 aliphatic rings. The minimum absolute atomic E-state index is 0.0206. The molecule has 0 spiro atoms. The number of allylic oxidation sites excluding steroid dienone is 8. The van der Waals surface area contributed by atoms with Gasteiger partial charge in [-0.2, -0.15) is 0 Å². The van der Waals surface area contributed by atoms with Crippen LogP contribution in [0.1, 0.15) is 20.8 Å². The van der Waals surface area contributed by atoms with Crippen molar-refractivity contribution in [3.63, 3.8) is 0 Å². The van der Waals surface area contributed by atoms with Crippen molar-refractivity contribution < 1.29 is 5.11 Å². The topological polar surface area (TPSA) is 46.2 Å². The lowest BCUT2D eigenvalue weighted by atomic mass is 9.91. The maximum atomic E-state index is 9.80. The molecule has 0 fully saturated rings. The molecule has 1 atom stereocenters. The summed E-state index contributed by atoms with van der Waals surface area (Å²) in [4.78, 5) is 0. The zero-order chi connectivity index (χ0) is 12.3. The Hall–Kier alpha value is -1.70. The molecule has 0 amide bonds. The van der Waals surface area contributed by atoms with E-state index < -0.39 is 0 Å². The largest absolute Gasteiger partial charge is 0.506 e. The summed E-state index contributed by atoms with van der Waals surface area (Å²) in [5.74, 6) is 0.120. The van der Waals surface area contributed by atoms with E-state index in [1.807, 2.05) is 32.1 Å². The summed E-state index contributed by atoms with van der Waals surface area (Å²) in [5, 5.41) is 9.80. The zero-order valence-corrected chi connectivity index (χ0v) is 10.1. The molecule has 2 heteroatoms. The number of aliphatic hydroxyl groups excluding tert-OH is 1. The SMILES string of the molecule is C=C(/C(O)=C(/C)N)C1C=CC(C)=CC=C1C. The van der Waals surface area contributed by atoms with Gasteiger partial charge in [0.15, 0.2) is 0 Å². The van der Waals surface area contributed by atoms with Crippen LogP contribution in [0.25, 0.3) is 0 Å². The predicted molar refractivity (Wildman–Crippen MR) is 68.8 cm³/mol. The molecular formula is C14H19NO. The molecule has 0 radical (unpaired) electrons. The van der Waals surface area contributed by atoms with Gasteiger partial charge in [0.25, 0.3) is 0 Å². The number of nitrogens with two attached hydrogens (primary N) is 1. The molecule has 0 aromatic heterocycles. The zero-order valence-electron chi connectivity index (χ0n) is 10.1. The quantitative estimate of drug-likeness (QED) is 0.550. The molecule has 0 saturated heterocycles. The first kappa shape index (κ1) is 12.4. The Bertz CT molecular complexity index is 418. The van der Waals surface area contributed by atoms with Crippen LogP contribution in [-0.4, -0.2) is 5.11 Å². The third-order valence-electron chi connectivity index (χ3n) is 2.70. The third-order valence-corrected chi connectivity index (χ3v) is 2.70. The van der Waals surface area contributed by atoms with Crippen molar-refractivity contribution in [3.05, 3.63) is 59.1 Å². The van der Waals surface area contributed by atoms with Crippen LogP contribution in [0, 0.1) is 5.92 Å². The van der Waals surface area contributed by atoms with Crippen LogP contribution >= 0.6 is 0 Å². The first-order valence-electron chi connectivity index (χ1n) is 5.31. The van der Waals surface area contributed by atoms with Crippen LogP contribution in [-0.2, 0) is 0 Å². The minimum atomic E-state index is 0.0206. The van der Waals surface area contributed by atoms with Crippen LogP contribution in [0.15, 0.2) is 59.1 Å². The standard InChI is InChI=1S/C14H19NO/c1-9-5-7-10(2)13(8-6-9)11(3)14(16)12(4)15/h5-8,13,16H,3,15H2,1-2,4H3/b14-12+. The second-order valence-corrected chi connectivity index (χ2v) is 4.22. The van der Waals surface area contributed by atoms with Gasteiger partial charge in [-0.1, -0.05) is 42.0 Å². The number of rotatable bonds is 2. The van der Waals surface area contributed by atoms with E-state index in [1.165, 1.54) is 5.57 Å². The number of hydrogen-bond donors (Lipinski definition) is 2. The van der Waals surface area contributed by atoms with Crippen molar-refractivity contribution in [2.24, 2.45) is 11.7 Å². The van der Waals surface area contributed by atoms with Crippen molar-refractivity contribution in [3.8, 4) is 0 Å². The molecular weight excluding hydrogens is 198 g/mol. The molecule has 86 valence electrons. The molecule has 1 aliphatic carbocycles. The number of aliphatic hydroxyl groups is 1. The van der Waals surface area contributed by atoms with Crippen LogP contribution in [0.5, 0.6) is 0 Å². The Morgan fingerprint density at radius 1 is 1.38 bits per heavy atom. The summed E-state index contributed by atoms with van der Waals surface area (Å²) in [7, 11) is 0. The Kier molecular flexibility index (Phi) is 3.78. The Labute approximate surface area is 97.2 Å². The van der Waals surface area contributed by atoms with Crippen molar-refractivity contribution in [2.45, 2.75) is 20.8 Å². The first-order chi connectivity index (χ1) is 7.43. The molecule has 16 heavy (non-hydrogen) atoms. The molecule has 0 aromatic carbocycles. The van der Waals surface area contributed by atoms with Gasteiger partial charge in [0, 0.05) is 11.6 Å². The van der Waals surface area contributed by atoms with E-state index in [4.69, 9.17) is 5.73 Å². The highest BCUT2D eigenvalue weighted by Crippen LogP contribution is 2.28. The third kappa shape index (κ3) is 2.66. The summed E-state index contributed by atoms with van der Waals surface area (Å²) >= 11 is 0. The highest BCUT2D eigenvalue weighted by atomic mass is 16.3. The van der Waals surface area contributed by atoms with E-state index in [9.17, 15) is 5.11 Å². The van der Waals surface area contributed by atoms with Crippen LogP contribution in [0.4, 0.5) is 0 Å². The molecule has 0 heterocycles. The lowest BCUT2D eigenvalue weighted by Gasteiger charge is -2.16. The highest BCUT2D eigenvalue weighted by molar-refractivity contribution is 5.41. The monoisotopic (exact) mass is 217 g/mol. The van der Waals surface area contributed by atoms with Crippen molar-refractivity contribution in [1.29, 1.82) is 0 Å². The highest BCUT2D eigenvalue weighted by Gasteiger charge is 2.16. The van der Waals surface area contributed by atoms with Crippen molar-refractivity contribution in [1.82, 2.24) is 0 Å². The van der Waals surface area contributed by atoms with E-state index in [0.29, 0.717) is 11.3 Å². The normalized spacial score (nSPS) is 21.8. The maximum absolute atomic E-state index is 9.80. The van der Waals surface area contributed by atoms with Crippen molar-refractivity contribution in [2.75, 3.05) is 0 Å². The predicted octanol–water partition coefficient (Wildman–Crippen LogP) is 3.37. The molecule has 1 rings (SSSR count). The fraction of sp³-hybridized carbons (Fsp3) is 0.286. The average molecular weight is 217 g/mol. The molecule has 0 aromatic rings. The second-order valence-electron chi connectivity index (χ2n) is 4.22. The van der Waals surface area contributed by atoms with Gasteiger partial charge in [-0.3, -0.25) is 0 Å². The Morgan fingerprint density at radius 2 is 2.00 bits per heavy atom. The van der Waals surface area contributed by atoms with Gasteiger partial charge < -0.3 is 10.8 Å². The molecule has 0 saturated carbocycles. The van der Waals surface area contributed by atoms with E-state index in [1.54, 1.807) is 6.92 Å². The van der Waals surface area contributed by atoms with Gasteiger partial charge in [0.05, 0.1) is 0 Å². The minimum Gasteiger partial charge on any atom is -0.506 e. The maximum Gasteiger partial charge on any atom is 0.137 e. The van der Waals surface area contributed by atoms with Gasteiger partial charge in [-0.25, -0.2) is 0 Å². The van der Waals surface area contributed by atoms with E-state index in [-0.39, 0.29) is 11.7 Å². The average Bonchev–Trinajstić information content (AvgIpc) is 2.39. The van der Waals surface area contributed by atoms with Crippen LogP contribution in [0.3, 0.4) is 0 Å². The van der Waals surface area contributed by atoms with Crippen LogP contribution in [0.2, 0.25) is 0 Å². The van der Waals surface area contributed by atoms with E-state index in [2.05, 4.69) is 12.7 Å². The van der Waals surface area contributed by atoms with Gasteiger partial charge >= 0.3 is 0 Å². The fourth-order valence-corrected chi connectivity index (χ4v) is 1.61. The molecule has 2 nitrogen and oxygen atoms in total. The van der Waals surface area contributed by atoms with Gasteiger partial charge in [0.2, 0.25) is 0 Å². The molecule has 0 aliphatic heterocycles. The molecule has 3 N–H and O–H groups in total. The summed E-state index contributed by atoms with van der Waals surface area (Å²) in [6, 6.07) is 0. The summed E-state index contributed by atoms with van der Waals surface area (Å²) < 4.78 is 0. The lowest BCUT2D eigenvalue weighted by molar-refractivity contribution is 0.408. The van der Waals surface area contributed by atoms with E-state index in [0.717, 1.165) is 5.57 Å². The van der Waals surface area contributed by atoms with Crippen LogP contribution < -0.4 is 5.73 Å². The smallest absolute Gasteiger partial charge is 0.137 e. The van der Waals surface area contributed by atoms with Gasteiger partial charge in [-0.05, 0) is 26.3 Å². The molecule has 0 bridgehead atoms. The van der Waals surface area contributed by atoms with E-state index >= 15 is 0 Å².